The molecule has 1 aromatic carbocycles. The number of benzene rings is 1. The minimum atomic E-state index is 0.372. The molecule has 0 fully saturated rings. The number of hydrogen-bond donors (Lipinski definition) is 3. The van der Waals surface area contributed by atoms with Crippen molar-refractivity contribution in [3.63, 3.8) is 0 Å². The fourth-order valence-electron chi connectivity index (χ4n) is 1.89. The van der Waals surface area contributed by atoms with Crippen molar-refractivity contribution in [3.8, 4) is 5.75 Å². The highest BCUT2D eigenvalue weighted by Crippen LogP contribution is 2.32. The maximum Gasteiger partial charge on any atom is 0.240 e. The lowest BCUT2D eigenvalue weighted by Crippen LogP contribution is -2.11. The van der Waals surface area contributed by atoms with Crippen LogP contribution in [0.2, 0.25) is 0 Å². The average Bonchev–Trinajstić information content (AvgIpc) is 2.97. The Kier molecular flexibility index (Phi) is 3.91. The molecular weight excluding hydrogens is 354 g/mol. The molecule has 0 saturated carbocycles. The van der Waals surface area contributed by atoms with Crippen LogP contribution in [-0.4, -0.2) is 17.1 Å². The molecular formula is C13H12BrN5OS. The first-order valence-electron chi connectivity index (χ1n) is 6.03. The lowest BCUT2D eigenvalue weighted by atomic mass is 10.3. The zero-order valence-corrected chi connectivity index (χ0v) is 13.5. The van der Waals surface area contributed by atoms with Gasteiger partial charge < -0.3 is 10.1 Å². The van der Waals surface area contributed by atoms with Crippen LogP contribution in [0, 0.1) is 0 Å². The Bertz CT molecular complexity index is 791. The van der Waals surface area contributed by atoms with Crippen LogP contribution in [-0.2, 0) is 0 Å². The number of nitrogens with one attached hydrogen (secondary N) is 2. The summed E-state index contributed by atoms with van der Waals surface area (Å²) in [5.41, 5.74) is 3.34. The van der Waals surface area contributed by atoms with Gasteiger partial charge >= 0.3 is 0 Å². The Morgan fingerprint density at radius 3 is 2.90 bits per heavy atom. The summed E-state index contributed by atoms with van der Waals surface area (Å²) in [7, 11) is 1.63. The van der Waals surface area contributed by atoms with Crippen molar-refractivity contribution in [2.24, 2.45) is 5.84 Å². The number of methoxy groups -OCH3 is 1. The van der Waals surface area contributed by atoms with E-state index in [0.717, 1.165) is 26.1 Å². The molecule has 2 heterocycles. The monoisotopic (exact) mass is 365 g/mol. The van der Waals surface area contributed by atoms with E-state index in [2.05, 4.69) is 36.6 Å². The summed E-state index contributed by atoms with van der Waals surface area (Å²) in [6.07, 6.45) is 0. The van der Waals surface area contributed by atoms with Gasteiger partial charge in [-0.15, -0.1) is 11.3 Å². The first-order chi connectivity index (χ1) is 10.2. The van der Waals surface area contributed by atoms with E-state index in [9.17, 15) is 0 Å². The normalized spacial score (nSPS) is 10.6. The Balaban J connectivity index is 2.03. The van der Waals surface area contributed by atoms with Crippen molar-refractivity contribution in [2.45, 2.75) is 0 Å². The van der Waals surface area contributed by atoms with Crippen molar-refractivity contribution >= 4 is 54.9 Å². The number of halogens is 1. The van der Waals surface area contributed by atoms with Crippen LogP contribution in [0.25, 0.3) is 10.2 Å². The second kappa shape index (κ2) is 5.84. The number of ether oxygens (including phenoxy) is 1. The maximum atomic E-state index is 5.41. The van der Waals surface area contributed by atoms with Gasteiger partial charge in [-0.05, 0) is 39.5 Å². The molecule has 8 heteroatoms. The molecule has 0 aliphatic carbocycles. The third-order valence-corrected chi connectivity index (χ3v) is 4.33. The summed E-state index contributed by atoms with van der Waals surface area (Å²) < 4.78 is 6.18. The molecule has 0 spiro atoms. The van der Waals surface area contributed by atoms with Crippen LogP contribution in [0.3, 0.4) is 0 Å². The van der Waals surface area contributed by atoms with Gasteiger partial charge in [0.05, 0.1) is 17.0 Å². The highest BCUT2D eigenvalue weighted by molar-refractivity contribution is 9.10. The molecule has 6 nitrogen and oxygen atoms in total. The van der Waals surface area contributed by atoms with Gasteiger partial charge in [0.15, 0.2) is 0 Å². The van der Waals surface area contributed by atoms with E-state index >= 15 is 0 Å². The largest absolute Gasteiger partial charge is 0.495 e. The highest BCUT2D eigenvalue weighted by atomic mass is 79.9. The van der Waals surface area contributed by atoms with Crippen LogP contribution in [0.1, 0.15) is 0 Å². The Morgan fingerprint density at radius 2 is 2.14 bits per heavy atom. The maximum absolute atomic E-state index is 5.41. The van der Waals surface area contributed by atoms with Crippen LogP contribution in [0.15, 0.2) is 34.1 Å². The Morgan fingerprint density at radius 1 is 1.29 bits per heavy atom. The van der Waals surface area contributed by atoms with E-state index in [-0.39, 0.29) is 0 Å². The summed E-state index contributed by atoms with van der Waals surface area (Å²) in [6, 6.07) is 7.70. The number of thiophene rings is 1. The minimum absolute atomic E-state index is 0.372. The second-order valence-electron chi connectivity index (χ2n) is 4.15. The van der Waals surface area contributed by atoms with Crippen molar-refractivity contribution < 1.29 is 4.74 Å². The lowest BCUT2D eigenvalue weighted by Gasteiger charge is -2.10. The fourth-order valence-corrected chi connectivity index (χ4v) is 3.06. The predicted octanol–water partition coefficient (Wildman–Crippen LogP) is 3.49. The molecule has 0 aliphatic rings. The van der Waals surface area contributed by atoms with E-state index in [1.807, 2.05) is 29.6 Å². The molecule has 0 atom stereocenters. The van der Waals surface area contributed by atoms with Crippen molar-refractivity contribution in [3.05, 3.63) is 34.1 Å². The minimum Gasteiger partial charge on any atom is -0.495 e. The molecule has 0 bridgehead atoms. The van der Waals surface area contributed by atoms with Gasteiger partial charge in [-0.25, -0.2) is 10.8 Å². The SMILES string of the molecule is COc1cc(Nc2nc(NN)nc3sccc23)ccc1Br. The van der Waals surface area contributed by atoms with Gasteiger partial charge in [0.1, 0.15) is 16.4 Å². The van der Waals surface area contributed by atoms with Crippen LogP contribution in [0.4, 0.5) is 17.5 Å². The fraction of sp³-hybridized carbons (Fsp3) is 0.0769. The van der Waals surface area contributed by atoms with Gasteiger partial charge in [0, 0.05) is 11.8 Å². The van der Waals surface area contributed by atoms with Crippen molar-refractivity contribution in [1.82, 2.24) is 9.97 Å². The molecule has 108 valence electrons. The molecule has 3 aromatic rings. The van der Waals surface area contributed by atoms with Gasteiger partial charge in [-0.2, -0.15) is 4.98 Å². The number of nitrogens with zero attached hydrogens (tertiary/aromatic N) is 2. The number of rotatable bonds is 4. The summed E-state index contributed by atoms with van der Waals surface area (Å²) in [5.74, 6) is 7.22. The molecule has 2 aromatic heterocycles. The lowest BCUT2D eigenvalue weighted by molar-refractivity contribution is 0.412. The second-order valence-corrected chi connectivity index (χ2v) is 5.90. The number of hydrogen-bond acceptors (Lipinski definition) is 7. The molecule has 0 saturated heterocycles. The number of nitrogens with two attached hydrogens (primary N) is 1. The zero-order valence-electron chi connectivity index (χ0n) is 11.1. The first kappa shape index (κ1) is 14.1. The molecule has 0 radical (unpaired) electrons. The zero-order chi connectivity index (χ0) is 14.8. The van der Waals surface area contributed by atoms with Crippen LogP contribution < -0.4 is 21.3 Å². The number of anilines is 3. The molecule has 3 rings (SSSR count). The molecule has 0 amide bonds. The van der Waals surface area contributed by atoms with E-state index in [1.54, 1.807) is 7.11 Å². The van der Waals surface area contributed by atoms with Crippen molar-refractivity contribution in [2.75, 3.05) is 17.9 Å². The summed E-state index contributed by atoms with van der Waals surface area (Å²) in [5, 5.41) is 6.18. The summed E-state index contributed by atoms with van der Waals surface area (Å²) >= 11 is 4.96. The molecule has 0 aliphatic heterocycles. The number of aromatic nitrogens is 2. The van der Waals surface area contributed by atoms with Crippen LogP contribution in [0.5, 0.6) is 5.75 Å². The van der Waals surface area contributed by atoms with E-state index < -0.39 is 0 Å². The van der Waals surface area contributed by atoms with Crippen LogP contribution >= 0.6 is 27.3 Å². The van der Waals surface area contributed by atoms with E-state index in [4.69, 9.17) is 10.6 Å². The van der Waals surface area contributed by atoms with Gasteiger partial charge in [0.2, 0.25) is 5.95 Å². The van der Waals surface area contributed by atoms with E-state index in [1.165, 1.54) is 11.3 Å². The Labute approximate surface area is 133 Å². The Hall–Kier alpha value is -1.90. The van der Waals surface area contributed by atoms with Crippen molar-refractivity contribution in [1.29, 1.82) is 0 Å². The third-order valence-electron chi connectivity index (χ3n) is 2.87. The van der Waals surface area contributed by atoms with E-state index in [0.29, 0.717) is 11.8 Å². The summed E-state index contributed by atoms with van der Waals surface area (Å²) in [6.45, 7) is 0. The average molecular weight is 366 g/mol. The molecule has 4 N–H and O–H groups in total. The number of nitrogen functional groups attached to an aromatic ring is 1. The van der Waals surface area contributed by atoms with Gasteiger partial charge in [-0.3, -0.25) is 5.43 Å². The highest BCUT2D eigenvalue weighted by Gasteiger charge is 2.10. The standard InChI is InChI=1S/C13H12BrN5OS/c1-20-10-6-7(2-3-9(10)14)16-11-8-4-5-21-12(8)18-13(17-11)19-15/h2-6H,15H2,1H3,(H2,16,17,18,19). The first-order valence-corrected chi connectivity index (χ1v) is 7.71. The summed E-state index contributed by atoms with van der Waals surface area (Å²) in [4.78, 5) is 9.53. The van der Waals surface area contributed by atoms with Gasteiger partial charge in [0.25, 0.3) is 0 Å². The number of fused-ring (bicyclic) bond motifs is 1. The molecule has 0 unspecified atom stereocenters. The quantitative estimate of drug-likeness (QED) is 0.484. The smallest absolute Gasteiger partial charge is 0.240 e. The van der Waals surface area contributed by atoms with Gasteiger partial charge in [-0.1, -0.05) is 0 Å². The third kappa shape index (κ3) is 2.78. The topological polar surface area (TPSA) is 85.1 Å². The predicted molar refractivity (Wildman–Crippen MR) is 89.2 cm³/mol. The number of hydrazine groups is 1. The molecule has 21 heavy (non-hydrogen) atoms.